The average Bonchev–Trinajstić information content (AvgIpc) is 2.06. The zero-order chi connectivity index (χ0) is 10.9. The minimum Gasteiger partial charge on any atom is -0.508 e. The Hall–Kier alpha value is -0.940. The van der Waals surface area contributed by atoms with Gasteiger partial charge in [-0.1, -0.05) is 17.7 Å². The summed E-state index contributed by atoms with van der Waals surface area (Å²) in [4.78, 5) is 0. The summed E-state index contributed by atoms with van der Waals surface area (Å²) in [6.45, 7) is 1.63. The van der Waals surface area contributed by atoms with Gasteiger partial charge in [0.05, 0.1) is 0 Å². The van der Waals surface area contributed by atoms with Crippen molar-refractivity contribution in [2.45, 2.75) is 19.1 Å². The van der Waals surface area contributed by atoms with E-state index in [0.717, 1.165) is 0 Å². The standard InChI is InChI=1S/C9H10F3NO.ClH/c1-5-2-3-7(14)6(4-5)8(13)9(10,11)12;/h2-4,8,14H,13H2,1H3;1H/t8-;/m0./s1. The number of phenols is 1. The Labute approximate surface area is 91.3 Å². The van der Waals surface area contributed by atoms with Crippen LogP contribution < -0.4 is 5.73 Å². The number of hydrogen-bond donors (Lipinski definition) is 2. The minimum atomic E-state index is -4.54. The van der Waals surface area contributed by atoms with Crippen LogP contribution >= 0.6 is 12.4 Å². The summed E-state index contributed by atoms with van der Waals surface area (Å²) in [6, 6.07) is 1.81. The molecule has 0 fully saturated rings. The number of hydrogen-bond acceptors (Lipinski definition) is 2. The van der Waals surface area contributed by atoms with Crippen LogP contribution in [-0.4, -0.2) is 11.3 Å². The molecule has 0 radical (unpaired) electrons. The number of aromatic hydroxyl groups is 1. The van der Waals surface area contributed by atoms with E-state index in [1.807, 2.05) is 0 Å². The van der Waals surface area contributed by atoms with Crippen molar-refractivity contribution in [2.75, 3.05) is 0 Å². The first-order valence-electron chi connectivity index (χ1n) is 3.94. The first-order chi connectivity index (χ1) is 6.32. The first kappa shape index (κ1) is 14.1. The predicted octanol–water partition coefficient (Wildman–Crippen LogP) is 2.68. The largest absolute Gasteiger partial charge is 0.508 e. The van der Waals surface area contributed by atoms with E-state index in [4.69, 9.17) is 5.73 Å². The van der Waals surface area contributed by atoms with Gasteiger partial charge in [-0.25, -0.2) is 0 Å². The van der Waals surface area contributed by atoms with Crippen molar-refractivity contribution in [1.29, 1.82) is 0 Å². The van der Waals surface area contributed by atoms with E-state index in [0.29, 0.717) is 5.56 Å². The van der Waals surface area contributed by atoms with Gasteiger partial charge in [0.25, 0.3) is 0 Å². The maximum Gasteiger partial charge on any atom is 0.407 e. The van der Waals surface area contributed by atoms with Crippen LogP contribution in [0.4, 0.5) is 13.2 Å². The third kappa shape index (κ3) is 3.28. The Morgan fingerprint density at radius 2 is 1.87 bits per heavy atom. The third-order valence-electron chi connectivity index (χ3n) is 1.87. The van der Waals surface area contributed by atoms with Crippen molar-refractivity contribution >= 4 is 12.4 Å². The zero-order valence-corrected chi connectivity index (χ0v) is 8.69. The minimum absolute atomic E-state index is 0. The van der Waals surface area contributed by atoms with Crippen molar-refractivity contribution in [2.24, 2.45) is 5.73 Å². The summed E-state index contributed by atoms with van der Waals surface area (Å²) in [5, 5.41) is 9.19. The second kappa shape index (κ2) is 4.72. The maximum atomic E-state index is 12.2. The number of benzene rings is 1. The second-order valence-corrected chi connectivity index (χ2v) is 3.08. The fourth-order valence-corrected chi connectivity index (χ4v) is 1.10. The molecule has 0 saturated carbocycles. The number of rotatable bonds is 1. The van der Waals surface area contributed by atoms with Crippen LogP contribution in [0.2, 0.25) is 0 Å². The quantitative estimate of drug-likeness (QED) is 0.794. The van der Waals surface area contributed by atoms with Gasteiger partial charge in [0, 0.05) is 5.56 Å². The number of aryl methyl sites for hydroxylation is 1. The molecular weight excluding hydrogens is 231 g/mol. The Morgan fingerprint density at radius 3 is 2.33 bits per heavy atom. The van der Waals surface area contributed by atoms with Crippen LogP contribution in [0.15, 0.2) is 18.2 Å². The molecule has 0 aliphatic rings. The van der Waals surface area contributed by atoms with Crippen molar-refractivity contribution in [3.8, 4) is 5.75 Å². The lowest BCUT2D eigenvalue weighted by Gasteiger charge is -2.17. The summed E-state index contributed by atoms with van der Waals surface area (Å²) in [7, 11) is 0. The SMILES string of the molecule is Cc1ccc(O)c([C@H](N)C(F)(F)F)c1.Cl. The van der Waals surface area contributed by atoms with Gasteiger partial charge in [0.1, 0.15) is 11.8 Å². The lowest BCUT2D eigenvalue weighted by atomic mass is 10.0. The smallest absolute Gasteiger partial charge is 0.407 e. The molecule has 0 bridgehead atoms. The molecule has 0 aromatic heterocycles. The van der Waals surface area contributed by atoms with Crippen LogP contribution in [-0.2, 0) is 0 Å². The fourth-order valence-electron chi connectivity index (χ4n) is 1.10. The molecule has 0 unspecified atom stereocenters. The van der Waals surface area contributed by atoms with Crippen LogP contribution in [0.3, 0.4) is 0 Å². The monoisotopic (exact) mass is 241 g/mol. The molecule has 0 aliphatic heterocycles. The van der Waals surface area contributed by atoms with Crippen molar-refractivity contribution in [1.82, 2.24) is 0 Å². The molecule has 15 heavy (non-hydrogen) atoms. The third-order valence-corrected chi connectivity index (χ3v) is 1.87. The Kier molecular flexibility index (Phi) is 4.42. The molecule has 1 rings (SSSR count). The molecule has 1 aromatic rings. The summed E-state index contributed by atoms with van der Waals surface area (Å²) in [6.07, 6.45) is -4.54. The van der Waals surface area contributed by atoms with E-state index in [2.05, 4.69) is 0 Å². The summed E-state index contributed by atoms with van der Waals surface area (Å²) in [5.41, 5.74) is 5.29. The molecule has 2 nitrogen and oxygen atoms in total. The van der Waals surface area contributed by atoms with Crippen LogP contribution in [0.1, 0.15) is 17.2 Å². The highest BCUT2D eigenvalue weighted by Crippen LogP contribution is 2.35. The fraction of sp³-hybridized carbons (Fsp3) is 0.333. The lowest BCUT2D eigenvalue weighted by molar-refractivity contribution is -0.149. The molecule has 6 heteroatoms. The van der Waals surface area contributed by atoms with Crippen molar-refractivity contribution in [3.63, 3.8) is 0 Å². The predicted molar refractivity (Wildman–Crippen MR) is 53.1 cm³/mol. The summed E-state index contributed by atoms with van der Waals surface area (Å²) in [5.74, 6) is -0.430. The first-order valence-corrected chi connectivity index (χ1v) is 3.94. The van der Waals surface area contributed by atoms with Gasteiger partial charge in [-0.2, -0.15) is 13.2 Å². The molecule has 0 spiro atoms. The zero-order valence-electron chi connectivity index (χ0n) is 7.88. The topological polar surface area (TPSA) is 46.2 Å². The maximum absolute atomic E-state index is 12.2. The normalized spacial score (nSPS) is 13.1. The summed E-state index contributed by atoms with van der Waals surface area (Å²) >= 11 is 0. The van der Waals surface area contributed by atoms with Crippen molar-refractivity contribution < 1.29 is 18.3 Å². The Bertz CT molecular complexity index is 341. The number of phenolic OH excluding ortho intramolecular Hbond substituents is 1. The molecule has 0 amide bonds. The van der Waals surface area contributed by atoms with E-state index < -0.39 is 18.0 Å². The highest BCUT2D eigenvalue weighted by molar-refractivity contribution is 5.85. The van der Waals surface area contributed by atoms with Crippen LogP contribution in [0.5, 0.6) is 5.75 Å². The van der Waals surface area contributed by atoms with Crippen LogP contribution in [0.25, 0.3) is 0 Å². The van der Waals surface area contributed by atoms with Gasteiger partial charge in [-0.3, -0.25) is 0 Å². The molecule has 0 saturated heterocycles. The lowest BCUT2D eigenvalue weighted by Crippen LogP contribution is -2.28. The van der Waals surface area contributed by atoms with E-state index in [-0.39, 0.29) is 18.0 Å². The average molecular weight is 242 g/mol. The van der Waals surface area contributed by atoms with Gasteiger partial charge < -0.3 is 10.8 Å². The molecular formula is C9H11ClF3NO. The highest BCUT2D eigenvalue weighted by Gasteiger charge is 2.39. The van der Waals surface area contributed by atoms with Gasteiger partial charge >= 0.3 is 6.18 Å². The van der Waals surface area contributed by atoms with Crippen LogP contribution in [0, 0.1) is 6.92 Å². The van der Waals surface area contributed by atoms with Gasteiger partial charge in [-0.05, 0) is 13.0 Å². The van der Waals surface area contributed by atoms with Gasteiger partial charge in [0.15, 0.2) is 0 Å². The van der Waals surface area contributed by atoms with Crippen molar-refractivity contribution in [3.05, 3.63) is 29.3 Å². The van der Waals surface area contributed by atoms with E-state index in [1.165, 1.54) is 18.2 Å². The van der Waals surface area contributed by atoms with Gasteiger partial charge in [-0.15, -0.1) is 12.4 Å². The molecule has 1 atom stereocenters. The molecule has 1 aromatic carbocycles. The second-order valence-electron chi connectivity index (χ2n) is 3.08. The van der Waals surface area contributed by atoms with E-state index in [1.54, 1.807) is 6.92 Å². The van der Waals surface area contributed by atoms with E-state index in [9.17, 15) is 18.3 Å². The number of alkyl halides is 3. The molecule has 3 N–H and O–H groups in total. The molecule has 0 aliphatic carbocycles. The Morgan fingerprint density at radius 1 is 1.33 bits per heavy atom. The number of halogens is 4. The van der Waals surface area contributed by atoms with E-state index >= 15 is 0 Å². The highest BCUT2D eigenvalue weighted by atomic mass is 35.5. The molecule has 86 valence electrons. The molecule has 0 heterocycles. The summed E-state index contributed by atoms with van der Waals surface area (Å²) < 4.78 is 36.6. The number of nitrogens with two attached hydrogens (primary N) is 1. The van der Waals surface area contributed by atoms with Gasteiger partial charge in [0.2, 0.25) is 0 Å². The Balaban J connectivity index is 0.00000196.